The lowest BCUT2D eigenvalue weighted by atomic mass is 10.1. The standard InChI is InChI=1S/C21H18O2/c22-20(15-14-17-8-4-5-9-17)19-12-6-7-13-21(19)23-16-18-10-2-1-3-11-18/h1-15,22H,16H2/b20-15-. The molecule has 2 aromatic rings. The fraction of sp³-hybridized carbons (Fsp3) is 0.0476. The topological polar surface area (TPSA) is 29.5 Å². The van der Waals surface area contributed by atoms with Crippen LogP contribution in [0.4, 0.5) is 0 Å². The Morgan fingerprint density at radius 3 is 2.39 bits per heavy atom. The van der Waals surface area contributed by atoms with Gasteiger partial charge < -0.3 is 9.84 Å². The van der Waals surface area contributed by atoms with Crippen LogP contribution in [0.25, 0.3) is 5.76 Å². The van der Waals surface area contributed by atoms with E-state index < -0.39 is 0 Å². The Hall–Kier alpha value is -3.00. The fourth-order valence-electron chi connectivity index (χ4n) is 2.30. The van der Waals surface area contributed by atoms with Crippen LogP contribution in [0.1, 0.15) is 11.1 Å². The zero-order valence-electron chi connectivity index (χ0n) is 12.7. The molecule has 0 unspecified atom stereocenters. The number of hydrogen-bond donors (Lipinski definition) is 1. The predicted octanol–water partition coefficient (Wildman–Crippen LogP) is 5.22. The fourth-order valence-corrected chi connectivity index (χ4v) is 2.30. The van der Waals surface area contributed by atoms with Crippen LogP contribution in [0.5, 0.6) is 5.75 Å². The van der Waals surface area contributed by atoms with E-state index in [1.165, 1.54) is 0 Å². The highest BCUT2D eigenvalue weighted by Crippen LogP contribution is 2.25. The highest BCUT2D eigenvalue weighted by atomic mass is 16.5. The van der Waals surface area contributed by atoms with Crippen LogP contribution < -0.4 is 4.74 Å². The van der Waals surface area contributed by atoms with Crippen molar-refractivity contribution in [2.45, 2.75) is 6.61 Å². The Bertz CT molecular complexity index is 766. The number of ether oxygens (including phenoxy) is 1. The molecule has 3 rings (SSSR count). The molecule has 0 heterocycles. The third-order valence-corrected chi connectivity index (χ3v) is 3.52. The van der Waals surface area contributed by atoms with Gasteiger partial charge in [-0.3, -0.25) is 0 Å². The summed E-state index contributed by atoms with van der Waals surface area (Å²) in [6.07, 6.45) is 11.5. The van der Waals surface area contributed by atoms with Gasteiger partial charge in [0.2, 0.25) is 0 Å². The normalized spacial score (nSPS) is 13.4. The molecule has 1 N–H and O–H groups in total. The van der Waals surface area contributed by atoms with E-state index in [1.54, 1.807) is 6.08 Å². The van der Waals surface area contributed by atoms with Crippen molar-refractivity contribution in [2.75, 3.05) is 0 Å². The quantitative estimate of drug-likeness (QED) is 0.768. The van der Waals surface area contributed by atoms with Gasteiger partial charge in [-0.05, 0) is 29.3 Å². The first kappa shape index (κ1) is 14.9. The number of allylic oxidation sites excluding steroid dienone is 7. The molecule has 0 aliphatic heterocycles. The van der Waals surface area contributed by atoms with E-state index in [1.807, 2.05) is 85.0 Å². The second-order valence-electron chi connectivity index (χ2n) is 5.21. The van der Waals surface area contributed by atoms with E-state index in [0.29, 0.717) is 17.9 Å². The maximum absolute atomic E-state index is 10.3. The first-order valence-electron chi connectivity index (χ1n) is 7.55. The average molecular weight is 302 g/mol. The smallest absolute Gasteiger partial charge is 0.130 e. The zero-order valence-corrected chi connectivity index (χ0v) is 12.7. The Labute approximate surface area is 136 Å². The van der Waals surface area contributed by atoms with Gasteiger partial charge in [0.15, 0.2) is 0 Å². The highest BCUT2D eigenvalue weighted by Gasteiger charge is 2.07. The lowest BCUT2D eigenvalue weighted by Crippen LogP contribution is -1.98. The molecule has 23 heavy (non-hydrogen) atoms. The van der Waals surface area contributed by atoms with Gasteiger partial charge in [-0.2, -0.15) is 0 Å². The molecule has 0 fully saturated rings. The van der Waals surface area contributed by atoms with Crippen LogP contribution in [0.2, 0.25) is 0 Å². The van der Waals surface area contributed by atoms with Crippen molar-refractivity contribution in [1.29, 1.82) is 0 Å². The molecule has 0 amide bonds. The summed E-state index contributed by atoms with van der Waals surface area (Å²) >= 11 is 0. The van der Waals surface area contributed by atoms with Gasteiger partial charge in [-0.1, -0.05) is 72.8 Å². The molecule has 1 aliphatic carbocycles. The number of benzene rings is 2. The Balaban J connectivity index is 1.77. The molecule has 2 aromatic carbocycles. The van der Waals surface area contributed by atoms with Crippen molar-refractivity contribution >= 4 is 5.76 Å². The molecule has 2 heteroatoms. The maximum atomic E-state index is 10.3. The van der Waals surface area contributed by atoms with Crippen molar-refractivity contribution in [3.8, 4) is 5.75 Å². The van der Waals surface area contributed by atoms with Crippen molar-refractivity contribution in [1.82, 2.24) is 0 Å². The molecule has 0 radical (unpaired) electrons. The van der Waals surface area contributed by atoms with Crippen molar-refractivity contribution in [3.05, 3.63) is 108 Å². The Morgan fingerprint density at radius 2 is 1.61 bits per heavy atom. The summed E-state index contributed by atoms with van der Waals surface area (Å²) in [4.78, 5) is 0. The maximum Gasteiger partial charge on any atom is 0.130 e. The molecule has 0 bridgehead atoms. The molecule has 114 valence electrons. The van der Waals surface area contributed by atoms with E-state index in [4.69, 9.17) is 4.74 Å². The van der Waals surface area contributed by atoms with Gasteiger partial charge in [-0.25, -0.2) is 0 Å². The monoisotopic (exact) mass is 302 g/mol. The number of aliphatic hydroxyl groups excluding tert-OH is 1. The molecule has 0 atom stereocenters. The largest absolute Gasteiger partial charge is 0.507 e. The van der Waals surface area contributed by atoms with Crippen LogP contribution in [-0.2, 0) is 6.61 Å². The Kier molecular flexibility index (Phi) is 4.75. The van der Waals surface area contributed by atoms with Crippen LogP contribution in [0.3, 0.4) is 0 Å². The summed E-state index contributed by atoms with van der Waals surface area (Å²) in [5, 5.41) is 10.3. The van der Waals surface area contributed by atoms with E-state index in [0.717, 1.165) is 11.1 Å². The summed E-state index contributed by atoms with van der Waals surface area (Å²) in [7, 11) is 0. The van der Waals surface area contributed by atoms with Crippen LogP contribution in [0, 0.1) is 0 Å². The summed E-state index contributed by atoms with van der Waals surface area (Å²) in [6, 6.07) is 17.5. The zero-order chi connectivity index (χ0) is 15.9. The number of hydrogen-bond acceptors (Lipinski definition) is 2. The van der Waals surface area contributed by atoms with E-state index >= 15 is 0 Å². The summed E-state index contributed by atoms with van der Waals surface area (Å²) in [6.45, 7) is 0.470. The lowest BCUT2D eigenvalue weighted by molar-refractivity contribution is 0.303. The number of rotatable bonds is 5. The third kappa shape index (κ3) is 4.01. The second-order valence-corrected chi connectivity index (χ2v) is 5.21. The summed E-state index contributed by atoms with van der Waals surface area (Å²) in [5.74, 6) is 0.857. The summed E-state index contributed by atoms with van der Waals surface area (Å²) < 4.78 is 5.87. The van der Waals surface area contributed by atoms with Gasteiger partial charge in [0.05, 0.1) is 5.56 Å². The van der Waals surface area contributed by atoms with Gasteiger partial charge in [0.25, 0.3) is 0 Å². The highest BCUT2D eigenvalue weighted by molar-refractivity contribution is 5.66. The minimum atomic E-state index is 0.190. The molecule has 0 saturated carbocycles. The molecular formula is C21H18O2. The van der Waals surface area contributed by atoms with Crippen LogP contribution >= 0.6 is 0 Å². The third-order valence-electron chi connectivity index (χ3n) is 3.52. The predicted molar refractivity (Wildman–Crippen MR) is 94.2 cm³/mol. The lowest BCUT2D eigenvalue weighted by Gasteiger charge is -2.11. The SMILES string of the molecule is O/C(=C\C=C1C=CC=C1)c1ccccc1OCc1ccccc1. The minimum Gasteiger partial charge on any atom is -0.507 e. The van der Waals surface area contributed by atoms with Crippen LogP contribution in [0.15, 0.2) is 96.6 Å². The summed E-state index contributed by atoms with van der Waals surface area (Å²) in [5.41, 5.74) is 2.83. The van der Waals surface area contributed by atoms with Gasteiger partial charge in [-0.15, -0.1) is 0 Å². The number of para-hydroxylation sites is 1. The van der Waals surface area contributed by atoms with E-state index in [-0.39, 0.29) is 5.76 Å². The van der Waals surface area contributed by atoms with Gasteiger partial charge in [0.1, 0.15) is 18.1 Å². The molecule has 0 aromatic heterocycles. The van der Waals surface area contributed by atoms with Crippen molar-refractivity contribution in [2.24, 2.45) is 0 Å². The minimum absolute atomic E-state index is 0.190. The molecule has 2 nitrogen and oxygen atoms in total. The molecule has 1 aliphatic rings. The van der Waals surface area contributed by atoms with Crippen LogP contribution in [-0.4, -0.2) is 5.11 Å². The Morgan fingerprint density at radius 1 is 0.913 bits per heavy atom. The van der Waals surface area contributed by atoms with Crippen molar-refractivity contribution in [3.63, 3.8) is 0 Å². The second kappa shape index (κ2) is 7.32. The van der Waals surface area contributed by atoms with E-state index in [9.17, 15) is 5.11 Å². The molecular weight excluding hydrogens is 284 g/mol. The molecule has 0 saturated heterocycles. The number of aliphatic hydroxyl groups is 1. The first-order chi connectivity index (χ1) is 11.3. The van der Waals surface area contributed by atoms with Gasteiger partial charge in [0, 0.05) is 0 Å². The first-order valence-corrected chi connectivity index (χ1v) is 7.55. The van der Waals surface area contributed by atoms with Crippen molar-refractivity contribution < 1.29 is 9.84 Å². The van der Waals surface area contributed by atoms with E-state index in [2.05, 4.69) is 0 Å². The average Bonchev–Trinajstić information content (AvgIpc) is 3.12. The van der Waals surface area contributed by atoms with Gasteiger partial charge >= 0.3 is 0 Å². The molecule has 0 spiro atoms.